The van der Waals surface area contributed by atoms with Crippen LogP contribution in [0.5, 0.6) is 0 Å². The minimum absolute atomic E-state index is 0.322. The highest BCUT2D eigenvalue weighted by Gasteiger charge is 2.39. The van der Waals surface area contributed by atoms with E-state index in [9.17, 15) is 13.2 Å². The van der Waals surface area contributed by atoms with Crippen LogP contribution in [0, 0.1) is 0 Å². The van der Waals surface area contributed by atoms with Crippen LogP contribution in [0.15, 0.2) is 0 Å². The van der Waals surface area contributed by atoms with Gasteiger partial charge in [0.2, 0.25) is 5.75 Å². The SMILES string of the molecule is FC(F)(F)C[S+]1CCCC1. The summed E-state index contributed by atoms with van der Waals surface area (Å²) in [4.78, 5) is 0. The van der Waals surface area contributed by atoms with Gasteiger partial charge in [0.05, 0.1) is 0 Å². The highest BCUT2D eigenvalue weighted by Crippen LogP contribution is 2.23. The lowest BCUT2D eigenvalue weighted by molar-refractivity contribution is -0.105. The molecule has 0 spiro atoms. The van der Waals surface area contributed by atoms with Gasteiger partial charge in [-0.2, -0.15) is 13.2 Å². The average Bonchev–Trinajstić information content (AvgIpc) is 2.12. The molecule has 0 aromatic rings. The molecule has 0 aliphatic carbocycles. The van der Waals surface area contributed by atoms with E-state index in [0.29, 0.717) is 0 Å². The quantitative estimate of drug-likeness (QED) is 0.529. The number of hydrogen-bond acceptors (Lipinski definition) is 0. The van der Waals surface area contributed by atoms with Gasteiger partial charge in [-0.25, -0.2) is 0 Å². The molecule has 60 valence electrons. The molecule has 0 amide bonds. The maximum Gasteiger partial charge on any atom is 0.433 e. The van der Waals surface area contributed by atoms with Crippen LogP contribution in [0.4, 0.5) is 13.2 Å². The van der Waals surface area contributed by atoms with Crippen LogP contribution in [0.2, 0.25) is 0 Å². The molecular weight excluding hydrogens is 161 g/mol. The van der Waals surface area contributed by atoms with Gasteiger partial charge in [-0.05, 0) is 23.7 Å². The first-order valence-electron chi connectivity index (χ1n) is 3.29. The van der Waals surface area contributed by atoms with Gasteiger partial charge in [0, 0.05) is 0 Å². The summed E-state index contributed by atoms with van der Waals surface area (Å²) in [5, 5.41) is 0. The molecule has 0 aromatic heterocycles. The summed E-state index contributed by atoms with van der Waals surface area (Å²) in [6.07, 6.45) is -1.92. The van der Waals surface area contributed by atoms with Crippen LogP contribution in [-0.4, -0.2) is 23.4 Å². The topological polar surface area (TPSA) is 0 Å². The van der Waals surface area contributed by atoms with Crippen molar-refractivity contribution in [2.24, 2.45) is 0 Å². The van der Waals surface area contributed by atoms with Crippen LogP contribution in [0.3, 0.4) is 0 Å². The third-order valence-corrected chi connectivity index (χ3v) is 3.95. The maximum absolute atomic E-state index is 11.7. The molecule has 10 heavy (non-hydrogen) atoms. The first kappa shape index (κ1) is 8.24. The van der Waals surface area contributed by atoms with Crippen LogP contribution in [0.25, 0.3) is 0 Å². The molecule has 0 unspecified atom stereocenters. The molecule has 0 atom stereocenters. The number of rotatable bonds is 1. The van der Waals surface area contributed by atoms with Gasteiger partial charge in [-0.1, -0.05) is 0 Å². The summed E-state index contributed by atoms with van der Waals surface area (Å²) in [7, 11) is -0.322. The number of alkyl halides is 3. The highest BCUT2D eigenvalue weighted by atomic mass is 32.2. The number of hydrogen-bond donors (Lipinski definition) is 0. The Morgan fingerprint density at radius 3 is 2.00 bits per heavy atom. The lowest BCUT2D eigenvalue weighted by Gasteiger charge is -2.03. The van der Waals surface area contributed by atoms with Crippen LogP contribution < -0.4 is 0 Å². The monoisotopic (exact) mass is 171 g/mol. The second-order valence-corrected chi connectivity index (χ2v) is 4.82. The Labute approximate surface area is 61.1 Å². The third-order valence-electron chi connectivity index (χ3n) is 1.48. The summed E-state index contributed by atoms with van der Waals surface area (Å²) in [6.45, 7) is 0. The minimum Gasteiger partial charge on any atom is -0.166 e. The van der Waals surface area contributed by atoms with Crippen molar-refractivity contribution in [2.75, 3.05) is 17.3 Å². The molecule has 1 aliphatic heterocycles. The molecule has 1 aliphatic rings. The first-order valence-corrected chi connectivity index (χ1v) is 5.02. The molecule has 0 bridgehead atoms. The van der Waals surface area contributed by atoms with Crippen molar-refractivity contribution in [3.8, 4) is 0 Å². The van der Waals surface area contributed by atoms with Crippen LogP contribution in [-0.2, 0) is 10.9 Å². The lowest BCUT2D eigenvalue weighted by atomic mass is 10.4. The Morgan fingerprint density at radius 1 is 1.10 bits per heavy atom. The molecule has 1 saturated heterocycles. The third kappa shape index (κ3) is 2.82. The van der Waals surface area contributed by atoms with Gasteiger partial charge in [0.15, 0.2) is 0 Å². The average molecular weight is 171 g/mol. The smallest absolute Gasteiger partial charge is 0.166 e. The van der Waals surface area contributed by atoms with E-state index in [1.165, 1.54) is 0 Å². The van der Waals surface area contributed by atoms with E-state index in [-0.39, 0.29) is 10.9 Å². The molecule has 1 fully saturated rings. The van der Waals surface area contributed by atoms with Crippen molar-refractivity contribution >= 4 is 10.9 Å². The van der Waals surface area contributed by atoms with E-state index in [0.717, 1.165) is 24.3 Å². The molecule has 0 radical (unpaired) electrons. The van der Waals surface area contributed by atoms with E-state index >= 15 is 0 Å². The molecule has 0 N–H and O–H groups in total. The van der Waals surface area contributed by atoms with E-state index in [4.69, 9.17) is 0 Å². The van der Waals surface area contributed by atoms with Crippen molar-refractivity contribution in [2.45, 2.75) is 19.0 Å². The van der Waals surface area contributed by atoms with Crippen LogP contribution in [0.1, 0.15) is 12.8 Å². The maximum atomic E-state index is 11.7. The molecule has 0 saturated carbocycles. The molecular formula is C6H10F3S+. The second-order valence-electron chi connectivity index (χ2n) is 2.49. The summed E-state index contributed by atoms with van der Waals surface area (Å²) < 4.78 is 35.1. The Morgan fingerprint density at radius 2 is 1.60 bits per heavy atom. The Hall–Kier alpha value is 0.140. The summed E-state index contributed by atoms with van der Waals surface area (Å²) in [5.74, 6) is 1.08. The Bertz CT molecular complexity index is 104. The van der Waals surface area contributed by atoms with Gasteiger partial charge in [-0.15, -0.1) is 0 Å². The molecule has 0 nitrogen and oxygen atoms in total. The normalized spacial score (nSPS) is 21.9. The second kappa shape index (κ2) is 3.03. The van der Waals surface area contributed by atoms with Gasteiger partial charge >= 0.3 is 6.18 Å². The fourth-order valence-electron chi connectivity index (χ4n) is 1.09. The van der Waals surface area contributed by atoms with Gasteiger partial charge in [-0.3, -0.25) is 0 Å². The zero-order valence-corrected chi connectivity index (χ0v) is 6.39. The molecule has 0 aromatic carbocycles. The van der Waals surface area contributed by atoms with Gasteiger partial charge in [0.1, 0.15) is 11.5 Å². The van der Waals surface area contributed by atoms with Crippen molar-refractivity contribution in [1.29, 1.82) is 0 Å². The fraction of sp³-hybridized carbons (Fsp3) is 1.00. The van der Waals surface area contributed by atoms with E-state index < -0.39 is 11.9 Å². The zero-order valence-electron chi connectivity index (χ0n) is 5.58. The molecule has 1 rings (SSSR count). The van der Waals surface area contributed by atoms with Crippen LogP contribution >= 0.6 is 0 Å². The summed E-state index contributed by atoms with van der Waals surface area (Å²) in [6, 6.07) is 0. The summed E-state index contributed by atoms with van der Waals surface area (Å²) >= 11 is 0. The number of halogens is 3. The van der Waals surface area contributed by atoms with Crippen molar-refractivity contribution in [1.82, 2.24) is 0 Å². The predicted octanol–water partition coefficient (Wildman–Crippen LogP) is 1.96. The van der Waals surface area contributed by atoms with Gasteiger partial charge in [0.25, 0.3) is 0 Å². The lowest BCUT2D eigenvalue weighted by Crippen LogP contribution is -2.23. The standard InChI is InChI=1S/C6H10F3S/c7-6(8,9)5-10-3-1-2-4-10/h1-5H2/q+1. The van der Waals surface area contributed by atoms with E-state index in [2.05, 4.69) is 0 Å². The first-order chi connectivity index (χ1) is 4.58. The van der Waals surface area contributed by atoms with E-state index in [1.807, 2.05) is 0 Å². The van der Waals surface area contributed by atoms with E-state index in [1.54, 1.807) is 0 Å². The minimum atomic E-state index is -3.92. The van der Waals surface area contributed by atoms with Crippen molar-refractivity contribution in [3.05, 3.63) is 0 Å². The zero-order chi connectivity index (χ0) is 7.61. The Balaban J connectivity index is 2.24. The fourth-order valence-corrected chi connectivity index (χ4v) is 3.27. The largest absolute Gasteiger partial charge is 0.433 e. The van der Waals surface area contributed by atoms with Crippen molar-refractivity contribution in [3.63, 3.8) is 0 Å². The molecule has 4 heteroatoms. The predicted molar refractivity (Wildman–Crippen MR) is 37.3 cm³/mol. The van der Waals surface area contributed by atoms with Crippen molar-refractivity contribution < 1.29 is 13.2 Å². The Kier molecular flexibility index (Phi) is 2.50. The highest BCUT2D eigenvalue weighted by molar-refractivity contribution is 7.97. The molecule has 1 heterocycles. The van der Waals surface area contributed by atoms with Gasteiger partial charge < -0.3 is 0 Å². The summed E-state index contributed by atoms with van der Waals surface area (Å²) in [5.41, 5.74) is 0.